The van der Waals surface area contributed by atoms with Crippen molar-refractivity contribution in [3.05, 3.63) is 65.8 Å². The van der Waals surface area contributed by atoms with Crippen molar-refractivity contribution in [2.45, 2.75) is 19.3 Å². The highest BCUT2D eigenvalue weighted by molar-refractivity contribution is 5.76. The minimum atomic E-state index is -4.56. The maximum Gasteiger partial charge on any atom is 0.416 e. The lowest BCUT2D eigenvalue weighted by molar-refractivity contribution is -0.137. The molecule has 0 atom stereocenters. The van der Waals surface area contributed by atoms with Crippen LogP contribution in [0.4, 0.5) is 26.3 Å². The van der Waals surface area contributed by atoms with Crippen LogP contribution in [0.1, 0.15) is 18.1 Å². The Labute approximate surface area is 118 Å². The van der Waals surface area contributed by atoms with Crippen molar-refractivity contribution in [1.82, 2.24) is 0 Å². The van der Waals surface area contributed by atoms with E-state index in [1.165, 1.54) is 18.2 Å². The fourth-order valence-corrected chi connectivity index (χ4v) is 1.54. The standard InChI is InChI=1S/C15H12F6/c1-3-5-11(8-10(2)14(16,17)18)12-6-4-7-13(9-12)15(19,20)21/h3-9H,1H2,2H3/b10-8+,11-5+. The number of alkyl halides is 6. The third-order valence-electron chi connectivity index (χ3n) is 2.64. The average molecular weight is 306 g/mol. The van der Waals surface area contributed by atoms with Crippen LogP contribution in [0, 0.1) is 0 Å². The normalized spacial score (nSPS) is 14.2. The van der Waals surface area contributed by atoms with Gasteiger partial charge in [-0.05, 0) is 36.3 Å². The molecule has 0 bridgehead atoms. The highest BCUT2D eigenvalue weighted by Crippen LogP contribution is 2.33. The summed E-state index contributed by atoms with van der Waals surface area (Å²) in [5.41, 5.74) is -1.79. The molecule has 0 aromatic heterocycles. The molecule has 0 saturated carbocycles. The van der Waals surface area contributed by atoms with Crippen molar-refractivity contribution in [1.29, 1.82) is 0 Å². The molecule has 0 aliphatic heterocycles. The molecule has 0 heterocycles. The molecule has 0 saturated heterocycles. The minimum absolute atomic E-state index is 0.00549. The Morgan fingerprint density at radius 1 is 1.10 bits per heavy atom. The van der Waals surface area contributed by atoms with E-state index in [1.54, 1.807) is 0 Å². The first-order valence-corrected chi connectivity index (χ1v) is 5.81. The zero-order valence-corrected chi connectivity index (χ0v) is 11.0. The summed E-state index contributed by atoms with van der Waals surface area (Å²) >= 11 is 0. The van der Waals surface area contributed by atoms with Gasteiger partial charge >= 0.3 is 12.4 Å². The molecule has 0 aliphatic rings. The molecule has 1 aromatic carbocycles. The van der Waals surface area contributed by atoms with Gasteiger partial charge in [0.05, 0.1) is 5.56 Å². The zero-order chi connectivity index (χ0) is 16.3. The van der Waals surface area contributed by atoms with Gasteiger partial charge in [0.15, 0.2) is 0 Å². The van der Waals surface area contributed by atoms with E-state index in [2.05, 4.69) is 6.58 Å². The zero-order valence-electron chi connectivity index (χ0n) is 11.0. The summed E-state index contributed by atoms with van der Waals surface area (Å²) < 4.78 is 75.5. The van der Waals surface area contributed by atoms with Crippen LogP contribution in [-0.2, 0) is 6.18 Å². The maximum absolute atomic E-state index is 12.6. The second-order valence-electron chi connectivity index (χ2n) is 4.26. The van der Waals surface area contributed by atoms with Gasteiger partial charge in [-0.2, -0.15) is 26.3 Å². The molecule has 6 heteroatoms. The van der Waals surface area contributed by atoms with Gasteiger partial charge < -0.3 is 0 Å². The Hall–Kier alpha value is -1.98. The molecule has 0 nitrogen and oxygen atoms in total. The van der Waals surface area contributed by atoms with Crippen LogP contribution in [-0.4, -0.2) is 6.18 Å². The summed E-state index contributed by atoms with van der Waals surface area (Å²) in [5, 5.41) is 0. The summed E-state index contributed by atoms with van der Waals surface area (Å²) in [6.07, 6.45) is -5.86. The molecule has 1 rings (SSSR count). The Balaban J connectivity index is 3.32. The van der Waals surface area contributed by atoms with Gasteiger partial charge in [0.1, 0.15) is 0 Å². The van der Waals surface area contributed by atoms with Crippen LogP contribution in [0.5, 0.6) is 0 Å². The van der Waals surface area contributed by atoms with Crippen molar-refractivity contribution in [3.8, 4) is 0 Å². The Morgan fingerprint density at radius 2 is 1.71 bits per heavy atom. The predicted molar refractivity (Wildman–Crippen MR) is 69.4 cm³/mol. The quantitative estimate of drug-likeness (QED) is 0.490. The third-order valence-corrected chi connectivity index (χ3v) is 2.64. The van der Waals surface area contributed by atoms with Gasteiger partial charge in [-0.1, -0.05) is 30.9 Å². The fourth-order valence-electron chi connectivity index (χ4n) is 1.54. The molecular formula is C15H12F6. The molecular weight excluding hydrogens is 294 g/mol. The van der Waals surface area contributed by atoms with Gasteiger partial charge in [0, 0.05) is 5.57 Å². The lowest BCUT2D eigenvalue weighted by Crippen LogP contribution is -2.09. The molecule has 0 radical (unpaired) electrons. The molecule has 0 fully saturated rings. The van der Waals surface area contributed by atoms with Crippen molar-refractivity contribution >= 4 is 5.57 Å². The average Bonchev–Trinajstić information content (AvgIpc) is 2.36. The van der Waals surface area contributed by atoms with Crippen molar-refractivity contribution in [3.63, 3.8) is 0 Å². The highest BCUT2D eigenvalue weighted by Gasteiger charge is 2.31. The largest absolute Gasteiger partial charge is 0.416 e. The first-order valence-electron chi connectivity index (χ1n) is 5.81. The Morgan fingerprint density at radius 3 is 2.19 bits per heavy atom. The number of halogens is 6. The van der Waals surface area contributed by atoms with Gasteiger partial charge in [-0.25, -0.2) is 0 Å². The molecule has 0 unspecified atom stereocenters. The van der Waals surface area contributed by atoms with Crippen molar-refractivity contribution < 1.29 is 26.3 Å². The predicted octanol–water partition coefficient (Wildman–Crippen LogP) is 5.78. The lowest BCUT2D eigenvalue weighted by Gasteiger charge is -2.11. The van der Waals surface area contributed by atoms with Crippen LogP contribution in [0.3, 0.4) is 0 Å². The molecule has 1 aromatic rings. The van der Waals surface area contributed by atoms with E-state index in [-0.39, 0.29) is 11.1 Å². The summed E-state index contributed by atoms with van der Waals surface area (Å²) in [5.74, 6) is 0. The summed E-state index contributed by atoms with van der Waals surface area (Å²) in [7, 11) is 0. The maximum atomic E-state index is 12.6. The highest BCUT2D eigenvalue weighted by atomic mass is 19.4. The van der Waals surface area contributed by atoms with Crippen LogP contribution >= 0.6 is 0 Å². The second-order valence-corrected chi connectivity index (χ2v) is 4.26. The van der Waals surface area contributed by atoms with E-state index >= 15 is 0 Å². The fraction of sp³-hybridized carbons (Fsp3) is 0.200. The van der Waals surface area contributed by atoms with Crippen LogP contribution in [0.15, 0.2) is 54.6 Å². The molecule has 21 heavy (non-hydrogen) atoms. The van der Waals surface area contributed by atoms with Crippen LogP contribution in [0.25, 0.3) is 5.57 Å². The molecule has 114 valence electrons. The number of rotatable bonds is 3. The number of benzene rings is 1. The van der Waals surface area contributed by atoms with Gasteiger partial charge in [0.2, 0.25) is 0 Å². The van der Waals surface area contributed by atoms with Crippen LogP contribution < -0.4 is 0 Å². The first-order chi connectivity index (χ1) is 9.55. The molecule has 0 N–H and O–H groups in total. The van der Waals surface area contributed by atoms with E-state index < -0.39 is 23.5 Å². The van der Waals surface area contributed by atoms with Crippen molar-refractivity contribution in [2.24, 2.45) is 0 Å². The lowest BCUT2D eigenvalue weighted by atomic mass is 10.0. The number of allylic oxidation sites excluding steroid dienone is 5. The summed E-state index contributed by atoms with van der Waals surface area (Å²) in [4.78, 5) is 0. The van der Waals surface area contributed by atoms with E-state index in [1.807, 2.05) is 0 Å². The third kappa shape index (κ3) is 4.81. The van der Waals surface area contributed by atoms with E-state index in [9.17, 15) is 26.3 Å². The molecule has 0 aliphatic carbocycles. The SMILES string of the molecule is C=C/C=C(\C=C(/C)C(F)(F)F)c1cccc(C(F)(F)F)c1. The summed E-state index contributed by atoms with van der Waals surface area (Å²) in [6, 6.07) is 4.11. The monoisotopic (exact) mass is 306 g/mol. The van der Waals surface area contributed by atoms with E-state index in [0.29, 0.717) is 0 Å². The molecule has 0 spiro atoms. The summed E-state index contributed by atoms with van der Waals surface area (Å²) in [6.45, 7) is 4.21. The number of hydrogen-bond donors (Lipinski definition) is 0. The van der Waals surface area contributed by atoms with Gasteiger partial charge in [-0.15, -0.1) is 0 Å². The smallest absolute Gasteiger partial charge is 0.166 e. The van der Waals surface area contributed by atoms with Gasteiger partial charge in [0.25, 0.3) is 0 Å². The van der Waals surface area contributed by atoms with Crippen LogP contribution in [0.2, 0.25) is 0 Å². The molecule has 0 amide bonds. The van der Waals surface area contributed by atoms with Crippen molar-refractivity contribution in [2.75, 3.05) is 0 Å². The Kier molecular flexibility index (Phi) is 5.04. The second kappa shape index (κ2) is 6.20. The topological polar surface area (TPSA) is 0 Å². The van der Waals surface area contributed by atoms with E-state index in [0.717, 1.165) is 31.2 Å². The van der Waals surface area contributed by atoms with E-state index in [4.69, 9.17) is 0 Å². The number of hydrogen-bond acceptors (Lipinski definition) is 0. The minimum Gasteiger partial charge on any atom is -0.166 e. The Bertz CT molecular complexity index is 573. The first kappa shape index (κ1) is 17.1. The van der Waals surface area contributed by atoms with Gasteiger partial charge in [-0.3, -0.25) is 0 Å².